The number of para-hydroxylation sites is 1. The summed E-state index contributed by atoms with van der Waals surface area (Å²) in [4.78, 5) is 71.0. The lowest BCUT2D eigenvalue weighted by Gasteiger charge is -2.35. The van der Waals surface area contributed by atoms with Crippen LogP contribution in [0.5, 0.6) is 0 Å². The molecule has 4 heterocycles. The summed E-state index contributed by atoms with van der Waals surface area (Å²) in [6.45, 7) is 3.77. The van der Waals surface area contributed by atoms with Crippen LogP contribution >= 0.6 is 0 Å². The number of rotatable bonds is 18. The number of nitrogens with zero attached hydrogens (tertiary/aromatic N) is 3. The van der Waals surface area contributed by atoms with E-state index in [-0.39, 0.29) is 49.1 Å². The number of carboxylic acid groups (broad SMARTS) is 1. The van der Waals surface area contributed by atoms with Crippen molar-refractivity contribution in [1.29, 1.82) is 0 Å². The molecule has 2 aromatic heterocycles. The number of aromatic nitrogens is 2. The minimum atomic E-state index is -1.88. The number of carboxylic acids is 1. The molecule has 11 heteroatoms. The van der Waals surface area contributed by atoms with Crippen molar-refractivity contribution in [3.05, 3.63) is 63.4 Å². The number of carbonyl (C=O) groups excluding carboxylic acids is 3. The number of ether oxygens (including phenoxy) is 2. The molecule has 262 valence electrons. The lowest BCUT2D eigenvalue weighted by atomic mass is 9.85. The van der Waals surface area contributed by atoms with Gasteiger partial charge in [-0.2, -0.15) is 0 Å². The van der Waals surface area contributed by atoms with Crippen LogP contribution in [0.4, 0.5) is 0 Å². The Bertz CT molecular complexity index is 1770. The maximum Gasteiger partial charge on any atom is 0.355 e. The molecule has 0 spiro atoms. The second kappa shape index (κ2) is 16.2. The number of carbonyl (C=O) groups is 4. The predicted octanol–water partition coefficient (Wildman–Crippen LogP) is 6.24. The van der Waals surface area contributed by atoms with E-state index in [1.807, 2.05) is 30.3 Å². The molecule has 1 amide bonds. The van der Waals surface area contributed by atoms with Gasteiger partial charge in [0.15, 0.2) is 0 Å². The van der Waals surface area contributed by atoms with Crippen LogP contribution in [0.25, 0.3) is 22.3 Å². The second-order valence-corrected chi connectivity index (χ2v) is 13.1. The van der Waals surface area contributed by atoms with Gasteiger partial charge in [-0.05, 0) is 31.0 Å². The molecule has 0 unspecified atom stereocenters. The van der Waals surface area contributed by atoms with Gasteiger partial charge in [-0.15, -0.1) is 0 Å². The van der Waals surface area contributed by atoms with E-state index in [0.717, 1.165) is 35.7 Å². The van der Waals surface area contributed by atoms with Gasteiger partial charge < -0.3 is 24.0 Å². The molecule has 3 aromatic rings. The maximum absolute atomic E-state index is 13.8. The molecule has 0 saturated carbocycles. The third kappa shape index (κ3) is 8.03. The number of unbranched alkanes of at least 4 members (excludes halogenated alkanes) is 9. The summed E-state index contributed by atoms with van der Waals surface area (Å²) in [7, 11) is 0. The van der Waals surface area contributed by atoms with Crippen molar-refractivity contribution in [2.75, 3.05) is 13.1 Å². The molecule has 0 fully saturated rings. The minimum Gasteiger partial charge on any atom is -0.480 e. The van der Waals surface area contributed by atoms with Crippen LogP contribution in [0.15, 0.2) is 41.2 Å². The average molecular weight is 674 g/mol. The molecule has 1 atom stereocenters. The Morgan fingerprint density at radius 2 is 1.65 bits per heavy atom. The average Bonchev–Trinajstić information content (AvgIpc) is 3.45. The quantitative estimate of drug-likeness (QED) is 0.0958. The Kier molecular flexibility index (Phi) is 11.9. The zero-order valence-corrected chi connectivity index (χ0v) is 28.6. The number of aliphatic carboxylic acids is 1. The molecule has 1 N–H and O–H groups in total. The Morgan fingerprint density at radius 3 is 2.35 bits per heavy atom. The minimum absolute atomic E-state index is 0.00327. The number of esters is 2. The summed E-state index contributed by atoms with van der Waals surface area (Å²) < 4.78 is 12.9. The molecular weight excluding hydrogens is 626 g/mol. The van der Waals surface area contributed by atoms with Gasteiger partial charge in [-0.3, -0.25) is 19.2 Å². The number of fused-ring (bicyclic) bond motifs is 5. The summed E-state index contributed by atoms with van der Waals surface area (Å²) in [5, 5.41) is 10.4. The molecule has 0 radical (unpaired) electrons. The van der Waals surface area contributed by atoms with Gasteiger partial charge >= 0.3 is 17.9 Å². The van der Waals surface area contributed by atoms with Crippen LogP contribution in [0.3, 0.4) is 0 Å². The van der Waals surface area contributed by atoms with Crippen molar-refractivity contribution < 1.29 is 33.8 Å². The van der Waals surface area contributed by atoms with E-state index >= 15 is 0 Å². The van der Waals surface area contributed by atoms with E-state index in [1.165, 1.54) is 43.4 Å². The van der Waals surface area contributed by atoms with Crippen molar-refractivity contribution in [3.63, 3.8) is 0 Å². The van der Waals surface area contributed by atoms with Crippen LogP contribution in [0, 0.1) is 0 Å². The first kappa shape index (κ1) is 35.8. The van der Waals surface area contributed by atoms with Gasteiger partial charge in [0, 0.05) is 29.5 Å². The Labute approximate surface area is 286 Å². The molecule has 5 rings (SSSR count). The van der Waals surface area contributed by atoms with Crippen molar-refractivity contribution in [2.45, 2.75) is 116 Å². The fourth-order valence-corrected chi connectivity index (χ4v) is 6.94. The molecular formula is C38H47N3O8. The third-order valence-corrected chi connectivity index (χ3v) is 9.68. The lowest BCUT2D eigenvalue weighted by Crippen LogP contribution is -2.47. The van der Waals surface area contributed by atoms with Crippen LogP contribution in [-0.4, -0.2) is 56.5 Å². The SMILES string of the molecule is CCCCCCCCCCCCN(CC(=O)O)C(=O)CCC(=O)O[C@]1(CC)C(=O)OCc2c1cc1n(c2=O)Cc2cc3ccccc3nc2-1. The zero-order chi connectivity index (χ0) is 35.0. The fourth-order valence-electron chi connectivity index (χ4n) is 6.94. The molecule has 11 nitrogen and oxygen atoms in total. The van der Waals surface area contributed by atoms with Gasteiger partial charge in [-0.25, -0.2) is 9.78 Å². The molecule has 0 bridgehead atoms. The van der Waals surface area contributed by atoms with Gasteiger partial charge in [-0.1, -0.05) is 89.8 Å². The normalized spacial score (nSPS) is 16.1. The number of amides is 1. The summed E-state index contributed by atoms with van der Waals surface area (Å²) in [5.74, 6) is -3.21. The molecule has 49 heavy (non-hydrogen) atoms. The highest BCUT2D eigenvalue weighted by atomic mass is 16.6. The van der Waals surface area contributed by atoms with Crippen molar-refractivity contribution in [2.24, 2.45) is 0 Å². The third-order valence-electron chi connectivity index (χ3n) is 9.68. The summed E-state index contributed by atoms with van der Waals surface area (Å²) >= 11 is 0. The largest absolute Gasteiger partial charge is 0.480 e. The maximum atomic E-state index is 13.8. The molecule has 1 aromatic carbocycles. The highest BCUT2D eigenvalue weighted by molar-refractivity contribution is 5.89. The van der Waals surface area contributed by atoms with Gasteiger partial charge in [0.25, 0.3) is 5.56 Å². The lowest BCUT2D eigenvalue weighted by molar-refractivity contribution is -0.189. The molecule has 2 aliphatic rings. The Balaban J connectivity index is 1.24. The van der Waals surface area contributed by atoms with Crippen LogP contribution in [0.2, 0.25) is 0 Å². The van der Waals surface area contributed by atoms with Crippen molar-refractivity contribution >= 4 is 34.7 Å². The first-order chi connectivity index (χ1) is 23.7. The molecule has 0 aliphatic carbocycles. The van der Waals surface area contributed by atoms with E-state index in [1.54, 1.807) is 17.6 Å². The van der Waals surface area contributed by atoms with E-state index < -0.39 is 36.0 Å². The number of hydrogen-bond donors (Lipinski definition) is 1. The number of cyclic esters (lactones) is 1. The Hall–Kier alpha value is -4.54. The smallest absolute Gasteiger partial charge is 0.355 e. The van der Waals surface area contributed by atoms with E-state index in [0.29, 0.717) is 24.4 Å². The standard InChI is InChI=1S/C38H47N3O8/c1-3-5-6-7-8-9-10-11-12-15-20-40(24-33(43)44)32(42)18-19-34(45)49-38(4-2)29-22-31-35-27(21-26-16-13-14-17-30(26)39-35)23-41(31)36(46)28(29)25-48-37(38)47/h13-14,16-17,21-22H,3-12,15,18-20,23-25H2,1-2H3,(H,43,44)/t38-/m0/s1. The first-order valence-electron chi connectivity index (χ1n) is 17.7. The fraction of sp³-hybridized carbons (Fsp3) is 0.526. The highest BCUT2D eigenvalue weighted by Gasteiger charge is 2.50. The monoisotopic (exact) mass is 673 g/mol. The topological polar surface area (TPSA) is 145 Å². The first-order valence-corrected chi connectivity index (χ1v) is 17.7. The predicted molar refractivity (Wildman–Crippen MR) is 184 cm³/mol. The van der Waals surface area contributed by atoms with Crippen LogP contribution < -0.4 is 5.56 Å². The molecule has 2 aliphatic heterocycles. The van der Waals surface area contributed by atoms with Crippen LogP contribution in [0.1, 0.15) is 114 Å². The van der Waals surface area contributed by atoms with Gasteiger partial charge in [0.05, 0.1) is 35.4 Å². The van der Waals surface area contributed by atoms with E-state index in [2.05, 4.69) is 6.92 Å². The van der Waals surface area contributed by atoms with Gasteiger partial charge in [0.1, 0.15) is 13.2 Å². The number of benzene rings is 1. The summed E-state index contributed by atoms with van der Waals surface area (Å²) in [6.07, 6.45) is 10.5. The van der Waals surface area contributed by atoms with Gasteiger partial charge in [0.2, 0.25) is 11.5 Å². The Morgan fingerprint density at radius 1 is 0.959 bits per heavy atom. The zero-order valence-electron chi connectivity index (χ0n) is 28.6. The van der Waals surface area contributed by atoms with Crippen molar-refractivity contribution in [3.8, 4) is 11.4 Å². The summed E-state index contributed by atoms with van der Waals surface area (Å²) in [5.41, 5.74) is 1.06. The molecule has 0 saturated heterocycles. The van der Waals surface area contributed by atoms with E-state index in [4.69, 9.17) is 14.5 Å². The van der Waals surface area contributed by atoms with E-state index in [9.17, 15) is 29.1 Å². The summed E-state index contributed by atoms with van der Waals surface area (Å²) in [6, 6.07) is 11.4. The number of hydrogen-bond acceptors (Lipinski definition) is 8. The van der Waals surface area contributed by atoms with Crippen molar-refractivity contribution in [1.82, 2.24) is 14.5 Å². The highest BCUT2D eigenvalue weighted by Crippen LogP contribution is 2.41. The van der Waals surface area contributed by atoms with Crippen LogP contribution in [-0.2, 0) is 47.4 Å². The number of pyridine rings is 2. The second-order valence-electron chi connectivity index (χ2n) is 13.1.